The van der Waals surface area contributed by atoms with Gasteiger partial charge >= 0.3 is 6.36 Å². The highest BCUT2D eigenvalue weighted by Crippen LogP contribution is 2.26. The van der Waals surface area contributed by atoms with Crippen molar-refractivity contribution in [2.45, 2.75) is 17.8 Å². The summed E-state index contributed by atoms with van der Waals surface area (Å²) in [5.74, 6) is -0.327. The van der Waals surface area contributed by atoms with E-state index in [1.54, 1.807) is 12.1 Å². The third-order valence-corrected chi connectivity index (χ3v) is 5.63. The molecule has 0 saturated heterocycles. The molecule has 9 nitrogen and oxygen atoms in total. The zero-order valence-corrected chi connectivity index (χ0v) is 18.2. The van der Waals surface area contributed by atoms with Gasteiger partial charge in [-0.1, -0.05) is 17.3 Å². The van der Waals surface area contributed by atoms with Crippen molar-refractivity contribution in [3.8, 4) is 28.7 Å². The Morgan fingerprint density at radius 1 is 1.06 bits per heavy atom. The van der Waals surface area contributed by atoms with Gasteiger partial charge in [-0.25, -0.2) is 13.1 Å². The molecule has 0 bridgehead atoms. The molecule has 4 aromatic rings. The number of aromatic nitrogens is 4. The number of benzene rings is 2. The highest BCUT2D eigenvalue weighted by molar-refractivity contribution is 7.90. The number of ether oxygens (including phenoxy) is 1. The lowest BCUT2D eigenvalue weighted by Gasteiger charge is -2.08. The molecule has 13 heteroatoms. The van der Waals surface area contributed by atoms with Gasteiger partial charge in [0.1, 0.15) is 11.4 Å². The van der Waals surface area contributed by atoms with E-state index in [-0.39, 0.29) is 28.8 Å². The molecule has 0 atom stereocenters. The Balaban J connectivity index is 1.58. The standard InChI is InChI=1S/C21H15F3N4O5S/c1-34(30,31)16-4-2-3-13(11-16)12-28-18(29)10-9-17(26-28)20-25-19(27-33-20)14-5-7-15(8-6-14)32-21(22,23)24/h2-11H,12H2,1H3. The van der Waals surface area contributed by atoms with Gasteiger partial charge in [-0.05, 0) is 48.0 Å². The molecule has 176 valence electrons. The minimum atomic E-state index is -4.80. The quantitative estimate of drug-likeness (QED) is 0.402. The topological polar surface area (TPSA) is 117 Å². The Morgan fingerprint density at radius 2 is 1.79 bits per heavy atom. The number of rotatable bonds is 6. The fourth-order valence-electron chi connectivity index (χ4n) is 2.97. The molecule has 0 N–H and O–H groups in total. The van der Waals surface area contributed by atoms with Crippen LogP contribution < -0.4 is 10.3 Å². The third-order valence-electron chi connectivity index (χ3n) is 4.52. The van der Waals surface area contributed by atoms with E-state index in [0.717, 1.165) is 23.1 Å². The van der Waals surface area contributed by atoms with Crippen LogP contribution in [0.2, 0.25) is 0 Å². The van der Waals surface area contributed by atoms with Gasteiger partial charge in [0, 0.05) is 17.9 Å². The van der Waals surface area contributed by atoms with Crippen LogP contribution in [0.15, 0.2) is 74.9 Å². The lowest BCUT2D eigenvalue weighted by atomic mass is 10.2. The zero-order valence-electron chi connectivity index (χ0n) is 17.4. The Kier molecular flexibility index (Phi) is 5.96. The van der Waals surface area contributed by atoms with Gasteiger partial charge in [-0.15, -0.1) is 13.2 Å². The van der Waals surface area contributed by atoms with Gasteiger partial charge < -0.3 is 9.26 Å². The van der Waals surface area contributed by atoms with Crippen LogP contribution in [-0.4, -0.2) is 41.0 Å². The molecule has 0 saturated carbocycles. The molecule has 0 aliphatic rings. The summed E-state index contributed by atoms with van der Waals surface area (Å²) in [6.45, 7) is -0.00229. The Hall–Kier alpha value is -4.00. The van der Waals surface area contributed by atoms with Crippen molar-refractivity contribution >= 4 is 9.84 Å². The predicted molar refractivity (Wildman–Crippen MR) is 113 cm³/mol. The van der Waals surface area contributed by atoms with Crippen LogP contribution in [0.3, 0.4) is 0 Å². The molecule has 34 heavy (non-hydrogen) atoms. The van der Waals surface area contributed by atoms with Crippen LogP contribution in [-0.2, 0) is 16.4 Å². The van der Waals surface area contributed by atoms with E-state index in [1.165, 1.54) is 36.4 Å². The van der Waals surface area contributed by atoms with E-state index in [4.69, 9.17) is 4.52 Å². The second kappa shape index (κ2) is 8.74. The molecule has 2 heterocycles. The molecule has 4 rings (SSSR count). The fourth-order valence-corrected chi connectivity index (χ4v) is 3.67. The van der Waals surface area contributed by atoms with Crippen molar-refractivity contribution in [3.05, 3.63) is 76.6 Å². The zero-order chi connectivity index (χ0) is 24.5. The summed E-state index contributed by atoms with van der Waals surface area (Å²) in [5, 5.41) is 8.00. The summed E-state index contributed by atoms with van der Waals surface area (Å²) >= 11 is 0. The van der Waals surface area contributed by atoms with Crippen LogP contribution in [0.25, 0.3) is 23.0 Å². The molecule has 0 unspecified atom stereocenters. The summed E-state index contributed by atoms with van der Waals surface area (Å²) in [4.78, 5) is 16.6. The first-order valence-corrected chi connectivity index (χ1v) is 11.4. The minimum Gasteiger partial charge on any atom is -0.406 e. The molecule has 0 amide bonds. The summed E-state index contributed by atoms with van der Waals surface area (Å²) in [6.07, 6.45) is -3.72. The van der Waals surface area contributed by atoms with E-state index >= 15 is 0 Å². The van der Waals surface area contributed by atoms with Gasteiger partial charge in [0.2, 0.25) is 5.82 Å². The van der Waals surface area contributed by atoms with Crippen molar-refractivity contribution in [2.75, 3.05) is 6.26 Å². The highest BCUT2D eigenvalue weighted by Gasteiger charge is 2.31. The molecular formula is C21H15F3N4O5S. The maximum atomic E-state index is 12.3. The Labute approximate surface area is 190 Å². The van der Waals surface area contributed by atoms with Crippen LogP contribution in [0.1, 0.15) is 5.56 Å². The average molecular weight is 492 g/mol. The summed E-state index contributed by atoms with van der Waals surface area (Å²) in [5.41, 5.74) is 0.653. The lowest BCUT2D eigenvalue weighted by molar-refractivity contribution is -0.274. The second-order valence-corrected chi connectivity index (χ2v) is 9.15. The third kappa shape index (κ3) is 5.49. The largest absolute Gasteiger partial charge is 0.573 e. The molecule has 0 aliphatic heterocycles. The highest BCUT2D eigenvalue weighted by atomic mass is 32.2. The van der Waals surface area contributed by atoms with Crippen molar-refractivity contribution in [2.24, 2.45) is 0 Å². The first kappa shape index (κ1) is 23.2. The smallest absolute Gasteiger partial charge is 0.406 e. The molecule has 2 aromatic heterocycles. The maximum absolute atomic E-state index is 12.3. The number of sulfone groups is 1. The van der Waals surface area contributed by atoms with E-state index in [2.05, 4.69) is 20.0 Å². The number of halogens is 3. The van der Waals surface area contributed by atoms with Crippen molar-refractivity contribution < 1.29 is 30.8 Å². The number of hydrogen-bond acceptors (Lipinski definition) is 8. The molecule has 0 spiro atoms. The Morgan fingerprint density at radius 3 is 2.47 bits per heavy atom. The second-order valence-electron chi connectivity index (χ2n) is 7.13. The minimum absolute atomic E-state index is 0.00229. The van der Waals surface area contributed by atoms with Gasteiger partial charge in [0.15, 0.2) is 9.84 Å². The summed E-state index contributed by atoms with van der Waals surface area (Å²) < 4.78 is 70.6. The number of alkyl halides is 3. The molecular weight excluding hydrogens is 477 g/mol. The van der Waals surface area contributed by atoms with Gasteiger partial charge in [-0.2, -0.15) is 10.1 Å². The van der Waals surface area contributed by atoms with E-state index in [0.29, 0.717) is 11.1 Å². The van der Waals surface area contributed by atoms with Crippen molar-refractivity contribution in [3.63, 3.8) is 0 Å². The number of hydrogen-bond donors (Lipinski definition) is 0. The number of nitrogens with zero attached hydrogens (tertiary/aromatic N) is 4. The maximum Gasteiger partial charge on any atom is 0.573 e. The molecule has 0 fully saturated rings. The van der Waals surface area contributed by atoms with Crippen LogP contribution >= 0.6 is 0 Å². The first-order valence-electron chi connectivity index (χ1n) is 9.55. The van der Waals surface area contributed by atoms with E-state index in [9.17, 15) is 26.4 Å². The predicted octanol–water partition coefficient (Wildman–Crippen LogP) is 3.31. The van der Waals surface area contributed by atoms with Crippen LogP contribution in [0.5, 0.6) is 5.75 Å². The van der Waals surface area contributed by atoms with Crippen molar-refractivity contribution in [1.82, 2.24) is 19.9 Å². The van der Waals surface area contributed by atoms with Gasteiger partial charge in [-0.3, -0.25) is 4.79 Å². The van der Waals surface area contributed by atoms with Crippen LogP contribution in [0.4, 0.5) is 13.2 Å². The summed E-state index contributed by atoms with van der Waals surface area (Å²) in [7, 11) is -3.42. The fraction of sp³-hybridized carbons (Fsp3) is 0.143. The lowest BCUT2D eigenvalue weighted by Crippen LogP contribution is -2.23. The van der Waals surface area contributed by atoms with Crippen LogP contribution in [0, 0.1) is 0 Å². The SMILES string of the molecule is CS(=O)(=O)c1cccc(Cn2nc(-c3nc(-c4ccc(OC(F)(F)F)cc4)no3)ccc2=O)c1. The monoisotopic (exact) mass is 492 g/mol. The van der Waals surface area contributed by atoms with E-state index < -0.39 is 27.5 Å². The summed E-state index contributed by atoms with van der Waals surface area (Å²) in [6, 6.07) is 13.6. The molecule has 2 aromatic carbocycles. The average Bonchev–Trinajstić information content (AvgIpc) is 3.25. The first-order chi connectivity index (χ1) is 16.0. The van der Waals surface area contributed by atoms with Crippen molar-refractivity contribution in [1.29, 1.82) is 0 Å². The molecule has 0 radical (unpaired) electrons. The Bertz CT molecular complexity index is 1500. The van der Waals surface area contributed by atoms with E-state index in [1.807, 2.05) is 0 Å². The normalized spacial score (nSPS) is 12.0. The molecule has 0 aliphatic carbocycles. The van der Waals surface area contributed by atoms with Gasteiger partial charge in [0.25, 0.3) is 11.4 Å². The van der Waals surface area contributed by atoms with Gasteiger partial charge in [0.05, 0.1) is 11.4 Å².